The number of hydrogen-bond donors (Lipinski definition) is 1. The van der Waals surface area contributed by atoms with E-state index in [4.69, 9.17) is 0 Å². The number of rotatable bonds is 8. The monoisotopic (exact) mass is 333 g/mol. The molecule has 0 fully saturated rings. The predicted molar refractivity (Wildman–Crippen MR) is 88.1 cm³/mol. The lowest BCUT2D eigenvalue weighted by atomic mass is 10.1. The second-order valence-corrected chi connectivity index (χ2v) is 9.02. The summed E-state index contributed by atoms with van der Waals surface area (Å²) in [6.07, 6.45) is 1.61. The molecule has 0 aliphatic heterocycles. The lowest BCUT2D eigenvalue weighted by molar-refractivity contribution is 0.277. The van der Waals surface area contributed by atoms with E-state index in [1.54, 1.807) is 10.4 Å². The minimum atomic E-state index is -3.49. The molecular weight excluding hydrogens is 306 g/mol. The molecule has 0 saturated carbocycles. The van der Waals surface area contributed by atoms with Crippen molar-refractivity contribution >= 4 is 21.4 Å². The van der Waals surface area contributed by atoms with Crippen LogP contribution in [-0.2, 0) is 16.6 Å². The van der Waals surface area contributed by atoms with Gasteiger partial charge in [-0.3, -0.25) is 0 Å². The van der Waals surface area contributed by atoms with Gasteiger partial charge in [0.2, 0.25) is 0 Å². The summed E-state index contributed by atoms with van der Waals surface area (Å²) in [4.78, 5) is 0.725. The first-order chi connectivity index (χ1) is 9.77. The van der Waals surface area contributed by atoms with Crippen molar-refractivity contribution in [3.63, 3.8) is 0 Å². The molecule has 0 saturated heterocycles. The third kappa shape index (κ3) is 4.28. The molecule has 0 bridgehead atoms. The number of aliphatic hydroxyl groups is 1. The van der Waals surface area contributed by atoms with Crippen molar-refractivity contribution in [1.29, 1.82) is 0 Å². The highest BCUT2D eigenvalue weighted by atomic mass is 32.2. The Kier molecular flexibility index (Phi) is 6.84. The van der Waals surface area contributed by atoms with Gasteiger partial charge in [0.15, 0.2) is 0 Å². The van der Waals surface area contributed by atoms with Crippen LogP contribution in [0.1, 0.15) is 51.0 Å². The highest BCUT2D eigenvalue weighted by molar-refractivity contribution is 7.91. The molecule has 1 N–H and O–H groups in total. The number of hydrogen-bond acceptors (Lipinski definition) is 4. The predicted octanol–water partition coefficient (Wildman–Crippen LogP) is 3.38. The first-order valence-electron chi connectivity index (χ1n) is 7.49. The van der Waals surface area contributed by atoms with Crippen LogP contribution in [0.5, 0.6) is 0 Å². The van der Waals surface area contributed by atoms with Crippen molar-refractivity contribution in [3.05, 3.63) is 16.5 Å². The molecular formula is C15H27NO3S2. The topological polar surface area (TPSA) is 57.6 Å². The minimum Gasteiger partial charge on any atom is -0.391 e. The Morgan fingerprint density at radius 2 is 1.86 bits per heavy atom. The summed E-state index contributed by atoms with van der Waals surface area (Å²) < 4.78 is 27.9. The van der Waals surface area contributed by atoms with Gasteiger partial charge in [-0.05, 0) is 37.3 Å². The summed E-state index contributed by atoms with van der Waals surface area (Å²) in [5, 5.41) is 9.29. The van der Waals surface area contributed by atoms with E-state index in [-0.39, 0.29) is 18.6 Å². The van der Waals surface area contributed by atoms with E-state index in [1.165, 1.54) is 11.3 Å². The highest BCUT2D eigenvalue weighted by Gasteiger charge is 2.31. The Balaban J connectivity index is 3.25. The van der Waals surface area contributed by atoms with Gasteiger partial charge in [-0.1, -0.05) is 27.7 Å². The number of sulfonamides is 1. The SMILES string of the molecule is CCC(CC)N(CC(C)C)S(=O)(=O)c1cc(C)c(CO)s1. The maximum absolute atomic E-state index is 13.0. The van der Waals surface area contributed by atoms with Gasteiger partial charge in [-0.25, -0.2) is 8.42 Å². The van der Waals surface area contributed by atoms with Gasteiger partial charge in [-0.2, -0.15) is 4.31 Å². The number of aryl methyl sites for hydroxylation is 1. The molecule has 1 rings (SSSR count). The Morgan fingerprint density at radius 1 is 1.29 bits per heavy atom. The fourth-order valence-corrected chi connectivity index (χ4v) is 5.90. The third-order valence-corrected chi connectivity index (χ3v) is 7.19. The van der Waals surface area contributed by atoms with Crippen molar-refractivity contribution in [2.45, 2.75) is 64.3 Å². The van der Waals surface area contributed by atoms with Gasteiger partial charge in [0.25, 0.3) is 10.0 Å². The summed E-state index contributed by atoms with van der Waals surface area (Å²) in [5.74, 6) is 0.277. The van der Waals surface area contributed by atoms with Gasteiger partial charge in [-0.15, -0.1) is 11.3 Å². The molecule has 0 aliphatic rings. The van der Waals surface area contributed by atoms with E-state index in [9.17, 15) is 13.5 Å². The van der Waals surface area contributed by atoms with Crippen LogP contribution >= 0.6 is 11.3 Å². The van der Waals surface area contributed by atoms with Crippen LogP contribution in [0.3, 0.4) is 0 Å². The number of aliphatic hydroxyl groups excluding tert-OH is 1. The van der Waals surface area contributed by atoms with Crippen molar-refractivity contribution in [2.24, 2.45) is 5.92 Å². The van der Waals surface area contributed by atoms with Crippen LogP contribution < -0.4 is 0 Å². The maximum atomic E-state index is 13.0. The fraction of sp³-hybridized carbons (Fsp3) is 0.733. The number of thiophene rings is 1. The normalized spacial score (nSPS) is 12.8. The quantitative estimate of drug-likeness (QED) is 0.793. The molecule has 0 unspecified atom stereocenters. The van der Waals surface area contributed by atoms with Crippen LogP contribution in [0, 0.1) is 12.8 Å². The van der Waals surface area contributed by atoms with E-state index >= 15 is 0 Å². The third-order valence-electron chi connectivity index (χ3n) is 3.60. The van der Waals surface area contributed by atoms with E-state index in [2.05, 4.69) is 0 Å². The van der Waals surface area contributed by atoms with Crippen molar-refractivity contribution in [3.8, 4) is 0 Å². The van der Waals surface area contributed by atoms with Crippen LogP contribution in [0.15, 0.2) is 10.3 Å². The lowest BCUT2D eigenvalue weighted by Gasteiger charge is -2.30. The van der Waals surface area contributed by atoms with Crippen molar-refractivity contribution in [1.82, 2.24) is 4.31 Å². The molecule has 0 amide bonds. The molecule has 1 heterocycles. The second-order valence-electron chi connectivity index (χ2n) is 5.77. The highest BCUT2D eigenvalue weighted by Crippen LogP contribution is 2.31. The maximum Gasteiger partial charge on any atom is 0.252 e. The first kappa shape index (κ1) is 18.6. The van der Waals surface area contributed by atoms with Gasteiger partial charge in [0.05, 0.1) is 6.61 Å². The van der Waals surface area contributed by atoms with E-state index in [0.717, 1.165) is 23.3 Å². The summed E-state index contributed by atoms with van der Waals surface area (Å²) >= 11 is 1.18. The summed E-state index contributed by atoms with van der Waals surface area (Å²) in [5.41, 5.74) is 0.843. The van der Waals surface area contributed by atoms with Gasteiger partial charge in [0, 0.05) is 17.5 Å². The fourth-order valence-electron chi connectivity index (χ4n) is 2.39. The molecule has 1 aromatic rings. The Hall–Kier alpha value is -0.430. The zero-order valence-corrected chi connectivity index (χ0v) is 15.2. The smallest absolute Gasteiger partial charge is 0.252 e. The Labute approximate surface area is 132 Å². The van der Waals surface area contributed by atoms with Crippen molar-refractivity contribution < 1.29 is 13.5 Å². The van der Waals surface area contributed by atoms with Crippen LogP contribution in [-0.4, -0.2) is 30.4 Å². The number of nitrogens with zero attached hydrogens (tertiary/aromatic N) is 1. The average molecular weight is 334 g/mol. The van der Waals surface area contributed by atoms with E-state index < -0.39 is 10.0 Å². The minimum absolute atomic E-state index is 0.0254. The molecule has 21 heavy (non-hydrogen) atoms. The lowest BCUT2D eigenvalue weighted by Crippen LogP contribution is -2.41. The molecule has 0 radical (unpaired) electrons. The van der Waals surface area contributed by atoms with Gasteiger partial charge in [0.1, 0.15) is 4.21 Å². The molecule has 122 valence electrons. The zero-order valence-electron chi connectivity index (χ0n) is 13.6. The molecule has 1 aromatic heterocycles. The van der Waals surface area contributed by atoms with Gasteiger partial charge < -0.3 is 5.11 Å². The second kappa shape index (κ2) is 7.72. The van der Waals surface area contributed by atoms with Crippen LogP contribution in [0.4, 0.5) is 0 Å². The van der Waals surface area contributed by atoms with Crippen molar-refractivity contribution in [2.75, 3.05) is 6.54 Å². The summed E-state index contributed by atoms with van der Waals surface area (Å²) in [6.45, 7) is 10.4. The van der Waals surface area contributed by atoms with E-state index in [0.29, 0.717) is 10.8 Å². The average Bonchev–Trinajstić information content (AvgIpc) is 2.80. The molecule has 0 spiro atoms. The zero-order chi connectivity index (χ0) is 16.2. The molecule has 4 nitrogen and oxygen atoms in total. The summed E-state index contributed by atoms with van der Waals surface area (Å²) in [6, 6.07) is 1.71. The molecule has 6 heteroatoms. The molecule has 0 atom stereocenters. The van der Waals surface area contributed by atoms with Crippen LogP contribution in [0.2, 0.25) is 0 Å². The Morgan fingerprint density at radius 3 is 2.24 bits per heavy atom. The standard InChI is InChI=1S/C15H27NO3S2/c1-6-13(7-2)16(9-11(3)4)21(18,19)15-8-12(5)14(10-17)20-15/h8,11,13,17H,6-7,9-10H2,1-5H3. The first-order valence-corrected chi connectivity index (χ1v) is 9.75. The summed E-state index contributed by atoms with van der Waals surface area (Å²) in [7, 11) is -3.49. The largest absolute Gasteiger partial charge is 0.391 e. The molecule has 0 aliphatic carbocycles. The van der Waals surface area contributed by atoms with Gasteiger partial charge >= 0.3 is 0 Å². The van der Waals surface area contributed by atoms with Crippen LogP contribution in [0.25, 0.3) is 0 Å². The Bertz CT molecular complexity index is 545. The molecule has 0 aromatic carbocycles. The van der Waals surface area contributed by atoms with E-state index in [1.807, 2.05) is 34.6 Å².